The second-order valence-corrected chi connectivity index (χ2v) is 6.07. The van der Waals surface area contributed by atoms with Crippen LogP contribution in [0.3, 0.4) is 0 Å². The molecule has 8 nitrogen and oxygen atoms in total. The second-order valence-electron chi connectivity index (χ2n) is 6.07. The minimum Gasteiger partial charge on any atom is -0.480 e. The highest BCUT2D eigenvalue weighted by Crippen LogP contribution is 2.18. The van der Waals surface area contributed by atoms with Gasteiger partial charge in [-0.25, -0.2) is 4.79 Å². The van der Waals surface area contributed by atoms with E-state index in [0.717, 1.165) is 11.1 Å². The first kappa shape index (κ1) is 17.8. The number of hydrogen-bond acceptors (Lipinski definition) is 5. The fourth-order valence-electron chi connectivity index (χ4n) is 2.91. The van der Waals surface area contributed by atoms with Crippen LogP contribution >= 0.6 is 0 Å². The summed E-state index contributed by atoms with van der Waals surface area (Å²) in [4.78, 5) is 36.1. The predicted octanol–water partition coefficient (Wildman–Crippen LogP) is 0.842. The van der Waals surface area contributed by atoms with Crippen LogP contribution in [0.4, 0.5) is 0 Å². The number of nitrogens with zero attached hydrogens (tertiary/aromatic N) is 2. The Hall–Kier alpha value is -3.00. The minimum atomic E-state index is -1.12. The molecule has 1 saturated heterocycles. The van der Waals surface area contributed by atoms with Gasteiger partial charge in [0.15, 0.2) is 0 Å². The van der Waals surface area contributed by atoms with E-state index in [4.69, 9.17) is 4.74 Å². The molecular weight excluding hydrogens is 338 g/mol. The number of hydrogen-bond donors (Lipinski definition) is 2. The summed E-state index contributed by atoms with van der Waals surface area (Å²) in [7, 11) is 0. The van der Waals surface area contributed by atoms with Crippen molar-refractivity contribution in [3.63, 3.8) is 0 Å². The topological polar surface area (TPSA) is 111 Å². The fourth-order valence-corrected chi connectivity index (χ4v) is 2.91. The Morgan fingerprint density at radius 1 is 1.23 bits per heavy atom. The molecule has 2 unspecified atom stereocenters. The van der Waals surface area contributed by atoms with Crippen LogP contribution in [0.15, 0.2) is 47.3 Å². The van der Waals surface area contributed by atoms with Crippen molar-refractivity contribution in [3.8, 4) is 5.69 Å². The van der Waals surface area contributed by atoms with Crippen LogP contribution in [-0.4, -0.2) is 46.0 Å². The van der Waals surface area contributed by atoms with E-state index in [2.05, 4.69) is 10.4 Å². The molecule has 8 heteroatoms. The van der Waals surface area contributed by atoms with Crippen molar-refractivity contribution in [1.82, 2.24) is 15.1 Å². The van der Waals surface area contributed by atoms with Gasteiger partial charge in [0.2, 0.25) is 0 Å². The van der Waals surface area contributed by atoms with Gasteiger partial charge < -0.3 is 15.2 Å². The van der Waals surface area contributed by atoms with Crippen molar-refractivity contribution in [2.24, 2.45) is 5.92 Å². The zero-order valence-electron chi connectivity index (χ0n) is 14.0. The molecule has 3 rings (SSSR count). The fraction of sp³-hybridized carbons (Fsp3) is 0.333. The van der Waals surface area contributed by atoms with E-state index in [9.17, 15) is 19.5 Å². The molecule has 2 N–H and O–H groups in total. The third-order valence-electron chi connectivity index (χ3n) is 4.25. The summed E-state index contributed by atoms with van der Waals surface area (Å²) < 4.78 is 6.42. The largest absolute Gasteiger partial charge is 0.480 e. The lowest BCUT2D eigenvalue weighted by atomic mass is 9.93. The van der Waals surface area contributed by atoms with E-state index in [1.807, 2.05) is 0 Å². The van der Waals surface area contributed by atoms with Crippen molar-refractivity contribution in [2.75, 3.05) is 13.2 Å². The van der Waals surface area contributed by atoms with Crippen LogP contribution < -0.4 is 10.9 Å². The van der Waals surface area contributed by atoms with E-state index in [-0.39, 0.29) is 23.8 Å². The molecule has 1 aliphatic rings. The molecule has 1 aromatic heterocycles. The normalized spacial score (nSPS) is 18.1. The summed E-state index contributed by atoms with van der Waals surface area (Å²) in [6, 6.07) is 10.1. The third-order valence-corrected chi connectivity index (χ3v) is 4.25. The number of aromatic nitrogens is 2. The average Bonchev–Trinajstić information content (AvgIpc) is 2.67. The Morgan fingerprint density at radius 3 is 2.65 bits per heavy atom. The lowest BCUT2D eigenvalue weighted by Gasteiger charge is -2.27. The number of carboxylic acid groups (broad SMARTS) is 1. The molecule has 1 aromatic carbocycles. The minimum absolute atomic E-state index is 0.0311. The van der Waals surface area contributed by atoms with Gasteiger partial charge in [0, 0.05) is 18.6 Å². The van der Waals surface area contributed by atoms with Crippen molar-refractivity contribution in [1.29, 1.82) is 0 Å². The highest BCUT2D eigenvalue weighted by molar-refractivity contribution is 5.94. The van der Waals surface area contributed by atoms with E-state index in [1.165, 1.54) is 12.1 Å². The summed E-state index contributed by atoms with van der Waals surface area (Å²) in [6.07, 6.45) is 1.41. The zero-order chi connectivity index (χ0) is 18.5. The first-order valence-electron chi connectivity index (χ1n) is 8.33. The monoisotopic (exact) mass is 357 g/mol. The summed E-state index contributed by atoms with van der Waals surface area (Å²) in [5.74, 6) is -2.07. The number of carboxylic acids is 1. The molecule has 1 fully saturated rings. The number of para-hydroxylation sites is 1. The maximum Gasteiger partial charge on any atom is 0.326 e. The van der Waals surface area contributed by atoms with Crippen LogP contribution in [0.2, 0.25) is 0 Å². The standard InChI is InChI=1S/C18H19N3O5/c22-15-9-8-14(20-21(15)13-6-2-1-3-7-13)17(23)19-16(18(24)25)12-5-4-10-26-11-12/h1-3,6-9,12,16H,4-5,10-11H2,(H,19,23)(H,24,25). The maximum absolute atomic E-state index is 12.5. The van der Waals surface area contributed by atoms with E-state index < -0.39 is 17.9 Å². The quantitative estimate of drug-likeness (QED) is 0.820. The molecule has 1 amide bonds. The molecule has 26 heavy (non-hydrogen) atoms. The van der Waals surface area contributed by atoms with Gasteiger partial charge in [-0.3, -0.25) is 9.59 Å². The summed E-state index contributed by atoms with van der Waals surface area (Å²) in [6.45, 7) is 0.883. The van der Waals surface area contributed by atoms with Crippen molar-refractivity contribution < 1.29 is 19.4 Å². The van der Waals surface area contributed by atoms with Gasteiger partial charge in [0.1, 0.15) is 11.7 Å². The van der Waals surface area contributed by atoms with E-state index >= 15 is 0 Å². The Kier molecular flexibility index (Phi) is 5.43. The Balaban J connectivity index is 1.83. The SMILES string of the molecule is O=C(NC(C(=O)O)C1CCCOC1)c1ccc(=O)n(-c2ccccc2)n1. The number of nitrogens with one attached hydrogen (secondary N) is 1. The number of carbonyl (C=O) groups excluding carboxylic acids is 1. The predicted molar refractivity (Wildman–Crippen MR) is 92.3 cm³/mol. The molecule has 0 aliphatic carbocycles. The number of rotatable bonds is 5. The molecule has 2 aromatic rings. The van der Waals surface area contributed by atoms with Gasteiger partial charge in [0.05, 0.1) is 12.3 Å². The smallest absolute Gasteiger partial charge is 0.326 e. The Morgan fingerprint density at radius 2 is 2.00 bits per heavy atom. The molecule has 0 saturated carbocycles. The number of ether oxygens (including phenoxy) is 1. The molecule has 136 valence electrons. The Bertz CT molecular complexity index is 843. The van der Waals surface area contributed by atoms with Gasteiger partial charge in [0.25, 0.3) is 11.5 Å². The van der Waals surface area contributed by atoms with Crippen LogP contribution in [0.1, 0.15) is 23.3 Å². The molecule has 0 radical (unpaired) electrons. The molecular formula is C18H19N3O5. The molecule has 2 atom stereocenters. The van der Waals surface area contributed by atoms with Crippen molar-refractivity contribution in [2.45, 2.75) is 18.9 Å². The van der Waals surface area contributed by atoms with Crippen LogP contribution in [0.25, 0.3) is 5.69 Å². The second kappa shape index (κ2) is 7.92. The highest BCUT2D eigenvalue weighted by atomic mass is 16.5. The Labute approximate surface area is 149 Å². The number of benzene rings is 1. The zero-order valence-corrected chi connectivity index (χ0v) is 14.0. The third kappa shape index (κ3) is 3.97. The van der Waals surface area contributed by atoms with Gasteiger partial charge in [-0.2, -0.15) is 9.78 Å². The number of aliphatic carboxylic acids is 1. The lowest BCUT2D eigenvalue weighted by molar-refractivity contribution is -0.142. The summed E-state index contributed by atoms with van der Waals surface area (Å²) in [5, 5.41) is 16.0. The lowest BCUT2D eigenvalue weighted by Crippen LogP contribution is -2.48. The molecule has 0 spiro atoms. The van der Waals surface area contributed by atoms with Gasteiger partial charge in [-0.05, 0) is 31.0 Å². The van der Waals surface area contributed by atoms with Crippen LogP contribution in [0.5, 0.6) is 0 Å². The number of amides is 1. The van der Waals surface area contributed by atoms with E-state index in [1.54, 1.807) is 30.3 Å². The van der Waals surface area contributed by atoms with Gasteiger partial charge >= 0.3 is 5.97 Å². The molecule has 2 heterocycles. The average molecular weight is 357 g/mol. The van der Waals surface area contributed by atoms with Crippen LogP contribution in [0, 0.1) is 5.92 Å². The highest BCUT2D eigenvalue weighted by Gasteiger charge is 2.32. The molecule has 0 bridgehead atoms. The summed E-state index contributed by atoms with van der Waals surface area (Å²) >= 11 is 0. The first-order chi connectivity index (χ1) is 12.6. The van der Waals surface area contributed by atoms with Crippen molar-refractivity contribution >= 4 is 11.9 Å². The van der Waals surface area contributed by atoms with Gasteiger partial charge in [-0.15, -0.1) is 0 Å². The molecule has 1 aliphatic heterocycles. The summed E-state index contributed by atoms with van der Waals surface area (Å²) in [5.41, 5.74) is 0.0993. The van der Waals surface area contributed by atoms with Crippen LogP contribution in [-0.2, 0) is 9.53 Å². The van der Waals surface area contributed by atoms with E-state index in [0.29, 0.717) is 18.7 Å². The van der Waals surface area contributed by atoms with Gasteiger partial charge in [-0.1, -0.05) is 18.2 Å². The first-order valence-corrected chi connectivity index (χ1v) is 8.33. The maximum atomic E-state index is 12.5. The van der Waals surface area contributed by atoms with Crippen molar-refractivity contribution in [3.05, 3.63) is 58.5 Å². The number of carbonyl (C=O) groups is 2.